The first-order valence-corrected chi connectivity index (χ1v) is 8.68. The van der Waals surface area contributed by atoms with Gasteiger partial charge in [0.05, 0.1) is 4.90 Å². The summed E-state index contributed by atoms with van der Waals surface area (Å²) in [7, 11) is -1.50. The molecular weight excluding hydrogens is 331 g/mol. The molecule has 0 saturated carbocycles. The predicted molar refractivity (Wildman–Crippen MR) is 88.8 cm³/mol. The second kappa shape index (κ2) is 7.79. The lowest BCUT2D eigenvalue weighted by molar-refractivity contribution is 0.270. The minimum Gasteiger partial charge on any atom is -0.319 e. The average molecular weight is 353 g/mol. The summed E-state index contributed by atoms with van der Waals surface area (Å²) in [6.45, 7) is 3.92. The molecule has 1 aliphatic heterocycles. The zero-order valence-corrected chi connectivity index (χ0v) is 14.7. The van der Waals surface area contributed by atoms with Crippen molar-refractivity contribution in [3.63, 3.8) is 0 Å². The van der Waals surface area contributed by atoms with Crippen LogP contribution >= 0.6 is 24.0 Å². The first-order valence-electron chi connectivity index (χ1n) is 6.86. The molecule has 1 saturated heterocycles. The molecule has 0 aliphatic carbocycles. The molecule has 1 aromatic carbocycles. The maximum absolute atomic E-state index is 12.7. The first kappa shape index (κ1) is 18.7. The van der Waals surface area contributed by atoms with Gasteiger partial charge in [0, 0.05) is 18.1 Å². The molecule has 0 aromatic heterocycles. The van der Waals surface area contributed by atoms with Crippen molar-refractivity contribution >= 4 is 34.0 Å². The third-order valence-corrected chi connectivity index (χ3v) is 6.11. The van der Waals surface area contributed by atoms with Crippen LogP contribution in [0, 0.1) is 12.8 Å². The summed E-state index contributed by atoms with van der Waals surface area (Å²) in [6.07, 6.45) is 1.80. The summed E-state index contributed by atoms with van der Waals surface area (Å²) in [5.74, 6) is 0.562. The van der Waals surface area contributed by atoms with Crippen molar-refractivity contribution in [2.45, 2.75) is 24.7 Å². The average Bonchev–Trinajstić information content (AvgIpc) is 2.42. The lowest BCUT2D eigenvalue weighted by Gasteiger charge is -2.31. The van der Waals surface area contributed by atoms with Crippen LogP contribution in [0.1, 0.15) is 18.4 Å². The standard InChI is InChI=1S/C14H21ClN2O2S.ClH/c1-11-3-4-13(15)9-14(11)20(18,19)17-7-5-12(6-8-17)10-16-2;/h3-4,9,12,16H,5-8,10H2,1-2H3;1H. The van der Waals surface area contributed by atoms with Crippen molar-refractivity contribution in [2.24, 2.45) is 5.92 Å². The number of sulfonamides is 1. The summed E-state index contributed by atoms with van der Waals surface area (Å²) in [5.41, 5.74) is 0.742. The summed E-state index contributed by atoms with van der Waals surface area (Å²) >= 11 is 5.93. The molecule has 120 valence electrons. The van der Waals surface area contributed by atoms with Crippen LogP contribution in [0.15, 0.2) is 23.1 Å². The van der Waals surface area contributed by atoms with Crippen LogP contribution in [-0.2, 0) is 10.0 Å². The van der Waals surface area contributed by atoms with E-state index in [1.54, 1.807) is 29.4 Å². The molecule has 0 atom stereocenters. The molecule has 1 aromatic rings. The van der Waals surface area contributed by atoms with Crippen molar-refractivity contribution in [3.05, 3.63) is 28.8 Å². The highest BCUT2D eigenvalue weighted by Crippen LogP contribution is 2.27. The van der Waals surface area contributed by atoms with Crippen molar-refractivity contribution < 1.29 is 8.42 Å². The number of rotatable bonds is 4. The van der Waals surface area contributed by atoms with Gasteiger partial charge in [0.2, 0.25) is 10.0 Å². The SMILES string of the molecule is CNCC1CCN(S(=O)(=O)c2cc(Cl)ccc2C)CC1.Cl. The van der Waals surface area contributed by atoms with E-state index in [-0.39, 0.29) is 12.4 Å². The van der Waals surface area contributed by atoms with Crippen LogP contribution in [0.3, 0.4) is 0 Å². The van der Waals surface area contributed by atoms with Gasteiger partial charge in [-0.1, -0.05) is 17.7 Å². The second-order valence-electron chi connectivity index (χ2n) is 5.31. The van der Waals surface area contributed by atoms with Gasteiger partial charge in [-0.25, -0.2) is 8.42 Å². The van der Waals surface area contributed by atoms with Crippen molar-refractivity contribution in [3.8, 4) is 0 Å². The van der Waals surface area contributed by atoms with Gasteiger partial charge in [-0.15, -0.1) is 12.4 Å². The minimum atomic E-state index is -3.43. The Labute approximate surface area is 138 Å². The van der Waals surface area contributed by atoms with Gasteiger partial charge < -0.3 is 5.32 Å². The van der Waals surface area contributed by atoms with Crippen LogP contribution in [-0.4, -0.2) is 39.4 Å². The number of hydrogen-bond donors (Lipinski definition) is 1. The molecule has 1 fully saturated rings. The Bertz CT molecular complexity index is 570. The molecule has 0 radical (unpaired) electrons. The molecule has 1 heterocycles. The maximum atomic E-state index is 12.7. The summed E-state index contributed by atoms with van der Waals surface area (Å²) < 4.78 is 26.9. The van der Waals surface area contributed by atoms with Gasteiger partial charge in [0.25, 0.3) is 0 Å². The minimum absolute atomic E-state index is 0. The molecule has 4 nitrogen and oxygen atoms in total. The smallest absolute Gasteiger partial charge is 0.243 e. The number of nitrogens with zero attached hydrogens (tertiary/aromatic N) is 1. The molecule has 1 N–H and O–H groups in total. The molecule has 1 aliphatic rings. The quantitative estimate of drug-likeness (QED) is 0.906. The fourth-order valence-electron chi connectivity index (χ4n) is 2.63. The van der Waals surface area contributed by atoms with E-state index in [0.717, 1.165) is 24.9 Å². The van der Waals surface area contributed by atoms with Gasteiger partial charge in [0.15, 0.2) is 0 Å². The maximum Gasteiger partial charge on any atom is 0.243 e. The largest absolute Gasteiger partial charge is 0.319 e. The molecule has 21 heavy (non-hydrogen) atoms. The molecule has 7 heteroatoms. The van der Waals surface area contributed by atoms with Gasteiger partial charge in [-0.2, -0.15) is 4.31 Å². The Morgan fingerprint density at radius 2 is 1.95 bits per heavy atom. The van der Waals surface area contributed by atoms with Crippen LogP contribution in [0.4, 0.5) is 0 Å². The Balaban J connectivity index is 0.00000220. The summed E-state index contributed by atoms with van der Waals surface area (Å²) in [5, 5.41) is 3.61. The molecular formula is C14H22Cl2N2O2S. The molecule has 0 bridgehead atoms. The predicted octanol–water partition coefficient (Wildman–Crippen LogP) is 2.69. The van der Waals surface area contributed by atoms with E-state index in [1.807, 2.05) is 7.05 Å². The number of hydrogen-bond acceptors (Lipinski definition) is 3. The highest BCUT2D eigenvalue weighted by atomic mass is 35.5. The number of benzene rings is 1. The van der Waals surface area contributed by atoms with Crippen LogP contribution in [0.25, 0.3) is 0 Å². The lowest BCUT2D eigenvalue weighted by atomic mass is 9.98. The highest BCUT2D eigenvalue weighted by molar-refractivity contribution is 7.89. The van der Waals surface area contributed by atoms with Gasteiger partial charge in [0.1, 0.15) is 0 Å². The number of halogens is 2. The Hall–Kier alpha value is -0.330. The van der Waals surface area contributed by atoms with Gasteiger partial charge >= 0.3 is 0 Å². The van der Waals surface area contributed by atoms with E-state index in [2.05, 4.69) is 5.32 Å². The molecule has 0 unspecified atom stereocenters. The van der Waals surface area contributed by atoms with E-state index >= 15 is 0 Å². The Kier molecular flexibility index (Phi) is 6.94. The van der Waals surface area contributed by atoms with Crippen molar-refractivity contribution in [1.29, 1.82) is 0 Å². The van der Waals surface area contributed by atoms with E-state index < -0.39 is 10.0 Å². The molecule has 2 rings (SSSR count). The van der Waals surface area contributed by atoms with Gasteiger partial charge in [-0.3, -0.25) is 0 Å². The third kappa shape index (κ3) is 4.33. The van der Waals surface area contributed by atoms with E-state index in [0.29, 0.717) is 28.9 Å². The van der Waals surface area contributed by atoms with Crippen LogP contribution in [0.2, 0.25) is 5.02 Å². The Morgan fingerprint density at radius 3 is 2.52 bits per heavy atom. The summed E-state index contributed by atoms with van der Waals surface area (Å²) in [4.78, 5) is 0.331. The fraction of sp³-hybridized carbons (Fsp3) is 0.571. The third-order valence-electron chi connectivity index (χ3n) is 3.83. The Morgan fingerprint density at radius 1 is 1.33 bits per heavy atom. The number of nitrogens with one attached hydrogen (secondary N) is 1. The first-order chi connectivity index (χ1) is 9.45. The van der Waals surface area contributed by atoms with Crippen molar-refractivity contribution in [2.75, 3.05) is 26.7 Å². The number of aryl methyl sites for hydroxylation is 1. The van der Waals surface area contributed by atoms with E-state index in [1.165, 1.54) is 0 Å². The molecule has 0 spiro atoms. The van der Waals surface area contributed by atoms with Gasteiger partial charge in [-0.05, 0) is 57.0 Å². The monoisotopic (exact) mass is 352 g/mol. The normalized spacial score (nSPS) is 17.5. The topological polar surface area (TPSA) is 49.4 Å². The number of piperidine rings is 1. The zero-order valence-electron chi connectivity index (χ0n) is 12.3. The highest BCUT2D eigenvalue weighted by Gasteiger charge is 2.30. The fourth-order valence-corrected chi connectivity index (χ4v) is 4.59. The summed E-state index contributed by atoms with van der Waals surface area (Å²) in [6, 6.07) is 5.02. The van der Waals surface area contributed by atoms with Crippen molar-refractivity contribution in [1.82, 2.24) is 9.62 Å². The van der Waals surface area contributed by atoms with E-state index in [4.69, 9.17) is 11.6 Å². The van der Waals surface area contributed by atoms with Crippen LogP contribution in [0.5, 0.6) is 0 Å². The van der Waals surface area contributed by atoms with E-state index in [9.17, 15) is 8.42 Å². The zero-order chi connectivity index (χ0) is 14.8. The van der Waals surface area contributed by atoms with Crippen LogP contribution < -0.4 is 5.32 Å². The molecule has 0 amide bonds. The lowest BCUT2D eigenvalue weighted by Crippen LogP contribution is -2.40. The second-order valence-corrected chi connectivity index (χ2v) is 7.66.